The number of benzene rings is 1. The van der Waals surface area contributed by atoms with E-state index in [2.05, 4.69) is 0 Å². The van der Waals surface area contributed by atoms with Crippen LogP contribution in [0.3, 0.4) is 0 Å². The van der Waals surface area contributed by atoms with Gasteiger partial charge >= 0.3 is 7.12 Å². The molecule has 1 aromatic carbocycles. The van der Waals surface area contributed by atoms with Crippen molar-refractivity contribution in [2.45, 2.75) is 0 Å². The average Bonchev–Trinajstić information content (AvgIpc) is 2.46. The van der Waals surface area contributed by atoms with Crippen molar-refractivity contribution < 1.29 is 10.0 Å². The third-order valence-corrected chi connectivity index (χ3v) is 3.14. The van der Waals surface area contributed by atoms with Crippen LogP contribution in [0, 0.1) is 0 Å². The predicted molar refractivity (Wildman–Crippen MR) is 56.7 cm³/mol. The van der Waals surface area contributed by atoms with Crippen LogP contribution >= 0.6 is 22.9 Å². The summed E-state index contributed by atoms with van der Waals surface area (Å²) in [6, 6.07) is 7.19. The monoisotopic (exact) mass is 212 g/mol. The maximum absolute atomic E-state index is 8.93. The molecule has 1 heterocycles. The zero-order valence-corrected chi connectivity index (χ0v) is 8.14. The second kappa shape index (κ2) is 3.31. The van der Waals surface area contributed by atoms with Gasteiger partial charge < -0.3 is 10.0 Å². The SMILES string of the molecule is OB(O)c1cc2cc(Cl)ccc2s1. The zero-order valence-electron chi connectivity index (χ0n) is 6.57. The second-order valence-corrected chi connectivity index (χ2v) is 4.26. The van der Waals surface area contributed by atoms with E-state index in [1.54, 1.807) is 18.2 Å². The van der Waals surface area contributed by atoms with Gasteiger partial charge in [0.25, 0.3) is 0 Å². The maximum Gasteiger partial charge on any atom is 0.499 e. The molecule has 13 heavy (non-hydrogen) atoms. The van der Waals surface area contributed by atoms with Crippen LogP contribution in [0.1, 0.15) is 0 Å². The lowest BCUT2D eigenvalue weighted by Crippen LogP contribution is -2.26. The van der Waals surface area contributed by atoms with Crippen molar-refractivity contribution in [1.82, 2.24) is 0 Å². The zero-order chi connectivity index (χ0) is 9.42. The van der Waals surface area contributed by atoms with Gasteiger partial charge in [-0.05, 0) is 29.7 Å². The molecule has 2 N–H and O–H groups in total. The molecule has 2 nitrogen and oxygen atoms in total. The molecular formula is C8H6BClO2S. The third kappa shape index (κ3) is 1.71. The highest BCUT2D eigenvalue weighted by molar-refractivity contribution is 7.27. The van der Waals surface area contributed by atoms with E-state index >= 15 is 0 Å². The molecule has 0 unspecified atom stereocenters. The number of hydrogen-bond donors (Lipinski definition) is 2. The highest BCUT2D eigenvalue weighted by atomic mass is 35.5. The molecule has 1 aromatic heterocycles. The molecular weight excluding hydrogens is 206 g/mol. The van der Waals surface area contributed by atoms with E-state index in [9.17, 15) is 0 Å². The topological polar surface area (TPSA) is 40.5 Å². The standard InChI is InChI=1S/C8H6BClO2S/c10-6-1-2-7-5(3-6)4-8(13-7)9(11)12/h1-4,11-12H. The van der Waals surface area contributed by atoms with E-state index in [1.165, 1.54) is 11.3 Å². The van der Waals surface area contributed by atoms with Crippen molar-refractivity contribution in [3.63, 3.8) is 0 Å². The summed E-state index contributed by atoms with van der Waals surface area (Å²) in [5.74, 6) is 0. The van der Waals surface area contributed by atoms with Crippen molar-refractivity contribution in [3.8, 4) is 0 Å². The van der Waals surface area contributed by atoms with Crippen LogP contribution in [0.2, 0.25) is 5.02 Å². The number of halogens is 1. The lowest BCUT2D eigenvalue weighted by Gasteiger charge is -1.88. The van der Waals surface area contributed by atoms with Gasteiger partial charge in [-0.1, -0.05) is 11.6 Å². The molecule has 66 valence electrons. The second-order valence-electron chi connectivity index (χ2n) is 2.70. The van der Waals surface area contributed by atoms with Crippen molar-refractivity contribution in [2.24, 2.45) is 0 Å². The quantitative estimate of drug-likeness (QED) is 0.698. The Morgan fingerprint density at radius 1 is 1.23 bits per heavy atom. The van der Waals surface area contributed by atoms with Crippen LogP contribution in [0.15, 0.2) is 24.3 Å². The molecule has 0 aliphatic rings. The van der Waals surface area contributed by atoms with E-state index in [0.29, 0.717) is 9.80 Å². The van der Waals surface area contributed by atoms with Crippen molar-refractivity contribution in [1.29, 1.82) is 0 Å². The lowest BCUT2D eigenvalue weighted by molar-refractivity contribution is 0.427. The number of rotatable bonds is 1. The van der Waals surface area contributed by atoms with E-state index < -0.39 is 7.12 Å². The first-order valence-corrected chi connectivity index (χ1v) is 4.91. The summed E-state index contributed by atoms with van der Waals surface area (Å²) < 4.78 is 1.55. The molecule has 0 atom stereocenters. The third-order valence-electron chi connectivity index (χ3n) is 1.75. The van der Waals surface area contributed by atoms with Crippen LogP contribution in [-0.4, -0.2) is 17.2 Å². The Morgan fingerprint density at radius 3 is 2.69 bits per heavy atom. The minimum atomic E-state index is -1.39. The summed E-state index contributed by atoms with van der Waals surface area (Å²) in [7, 11) is -1.39. The van der Waals surface area contributed by atoms with Crippen molar-refractivity contribution >= 4 is 44.9 Å². The van der Waals surface area contributed by atoms with Crippen LogP contribution < -0.4 is 4.78 Å². The molecule has 0 radical (unpaired) electrons. The van der Waals surface area contributed by atoms with Crippen LogP contribution in [0.4, 0.5) is 0 Å². The number of fused-ring (bicyclic) bond motifs is 1. The van der Waals surface area contributed by atoms with Crippen molar-refractivity contribution in [2.75, 3.05) is 0 Å². The number of thiophene rings is 1. The largest absolute Gasteiger partial charge is 0.499 e. The van der Waals surface area contributed by atoms with Crippen LogP contribution in [0.25, 0.3) is 10.1 Å². The average molecular weight is 212 g/mol. The molecule has 0 amide bonds. The van der Waals surface area contributed by atoms with Gasteiger partial charge in [-0.3, -0.25) is 0 Å². The summed E-state index contributed by atoms with van der Waals surface area (Å²) in [4.78, 5) is 0. The van der Waals surface area contributed by atoms with Gasteiger partial charge in [-0.2, -0.15) is 0 Å². The van der Waals surface area contributed by atoms with Gasteiger partial charge in [0.1, 0.15) is 0 Å². The van der Waals surface area contributed by atoms with Crippen molar-refractivity contribution in [3.05, 3.63) is 29.3 Å². The Morgan fingerprint density at radius 2 is 2.00 bits per heavy atom. The first-order chi connectivity index (χ1) is 6.16. The molecule has 2 aromatic rings. The first-order valence-electron chi connectivity index (χ1n) is 3.72. The van der Waals surface area contributed by atoms with Gasteiger partial charge in [0, 0.05) is 14.5 Å². The summed E-state index contributed by atoms with van der Waals surface area (Å²) >= 11 is 7.14. The Balaban J connectivity index is 2.62. The fourth-order valence-electron chi connectivity index (χ4n) is 1.16. The molecule has 0 saturated heterocycles. The molecule has 0 spiro atoms. The van der Waals surface area contributed by atoms with E-state index in [1.807, 2.05) is 6.07 Å². The number of hydrogen-bond acceptors (Lipinski definition) is 3. The minimum absolute atomic E-state index is 0.539. The Bertz CT molecular complexity index is 441. The molecule has 0 saturated carbocycles. The van der Waals surface area contributed by atoms with Crippen LogP contribution in [-0.2, 0) is 0 Å². The summed E-state index contributed by atoms with van der Waals surface area (Å²) in [6.45, 7) is 0. The van der Waals surface area contributed by atoms with Gasteiger partial charge in [0.2, 0.25) is 0 Å². The Hall–Kier alpha value is -0.545. The highest BCUT2D eigenvalue weighted by Crippen LogP contribution is 2.22. The summed E-state index contributed by atoms with van der Waals surface area (Å²) in [5, 5.41) is 19.5. The Labute approximate surface area is 84.5 Å². The highest BCUT2D eigenvalue weighted by Gasteiger charge is 2.14. The van der Waals surface area contributed by atoms with Gasteiger partial charge in [-0.25, -0.2) is 0 Å². The molecule has 2 rings (SSSR count). The normalized spacial score (nSPS) is 10.7. The summed E-state index contributed by atoms with van der Waals surface area (Å²) in [6.07, 6.45) is 0. The molecule has 0 aliphatic carbocycles. The first kappa shape index (κ1) is 9.03. The molecule has 0 aliphatic heterocycles. The van der Waals surface area contributed by atoms with Gasteiger partial charge in [0.05, 0.1) is 0 Å². The Kier molecular flexibility index (Phi) is 2.30. The molecule has 0 bridgehead atoms. The van der Waals surface area contributed by atoms with E-state index in [4.69, 9.17) is 21.6 Å². The van der Waals surface area contributed by atoms with E-state index in [-0.39, 0.29) is 0 Å². The fourth-order valence-corrected chi connectivity index (χ4v) is 2.26. The van der Waals surface area contributed by atoms with Gasteiger partial charge in [0.15, 0.2) is 0 Å². The lowest BCUT2D eigenvalue weighted by atomic mass is 9.89. The molecule has 0 fully saturated rings. The fraction of sp³-hybridized carbons (Fsp3) is 0. The van der Waals surface area contributed by atoms with Crippen LogP contribution in [0.5, 0.6) is 0 Å². The minimum Gasteiger partial charge on any atom is -0.423 e. The van der Waals surface area contributed by atoms with E-state index in [0.717, 1.165) is 10.1 Å². The van der Waals surface area contributed by atoms with Gasteiger partial charge in [-0.15, -0.1) is 11.3 Å². The maximum atomic E-state index is 8.93. The summed E-state index contributed by atoms with van der Waals surface area (Å²) in [5.41, 5.74) is 0. The molecule has 5 heteroatoms. The smallest absolute Gasteiger partial charge is 0.423 e. The predicted octanol–water partition coefficient (Wildman–Crippen LogP) is 1.23.